The number of rotatable bonds is 28. The Hall–Kier alpha value is -2.40. The lowest BCUT2D eigenvalue weighted by Gasteiger charge is -2.22. The first-order valence-corrected chi connectivity index (χ1v) is 19.1. The quantitative estimate of drug-likeness (QED) is 0.117. The summed E-state index contributed by atoms with van der Waals surface area (Å²) in [6, 6.07) is 16.5. The van der Waals surface area contributed by atoms with Crippen molar-refractivity contribution in [2.24, 2.45) is 0 Å². The van der Waals surface area contributed by atoms with E-state index < -0.39 is 0 Å². The number of hydrogen-bond acceptors (Lipinski definition) is 13. The highest BCUT2D eigenvalue weighted by molar-refractivity contribution is 5.34. The average molecular weight is 747 g/mol. The highest BCUT2D eigenvalue weighted by Gasteiger charge is 2.26. The molecule has 5 fully saturated rings. The molecule has 0 spiro atoms. The van der Waals surface area contributed by atoms with Gasteiger partial charge in [-0.25, -0.2) is 0 Å². The van der Waals surface area contributed by atoms with E-state index in [2.05, 4.69) is 24.3 Å². The van der Waals surface area contributed by atoms with Crippen LogP contribution in [0.1, 0.15) is 31.9 Å². The van der Waals surface area contributed by atoms with Gasteiger partial charge in [0.1, 0.15) is 61.3 Å². The molecule has 8 atom stereocenters. The van der Waals surface area contributed by atoms with Crippen molar-refractivity contribution < 1.29 is 61.6 Å². The number of hydrogen-bond donors (Lipinski definition) is 0. The largest absolute Gasteiger partial charge is 0.491 e. The Morgan fingerprint density at radius 2 is 0.792 bits per heavy atom. The van der Waals surface area contributed by atoms with E-state index in [0.717, 1.165) is 51.0 Å². The lowest BCUT2D eigenvalue weighted by molar-refractivity contribution is -0.109. The van der Waals surface area contributed by atoms with Crippen LogP contribution in [0, 0.1) is 0 Å². The van der Waals surface area contributed by atoms with Gasteiger partial charge in [0, 0.05) is 0 Å². The minimum Gasteiger partial charge on any atom is -0.491 e. The molecule has 2 aromatic rings. The van der Waals surface area contributed by atoms with Crippen molar-refractivity contribution in [2.75, 3.05) is 99.1 Å². The summed E-state index contributed by atoms with van der Waals surface area (Å²) < 4.78 is 71.8. The van der Waals surface area contributed by atoms with Gasteiger partial charge in [-0.3, -0.25) is 0 Å². The maximum absolute atomic E-state index is 6.00. The lowest BCUT2D eigenvalue weighted by atomic mass is 10.0. The molecule has 0 aliphatic carbocycles. The third-order valence-corrected chi connectivity index (χ3v) is 8.72. The van der Waals surface area contributed by atoms with Crippen LogP contribution in [0.25, 0.3) is 0 Å². The first-order valence-electron chi connectivity index (χ1n) is 19.1. The third-order valence-electron chi connectivity index (χ3n) is 8.72. The maximum Gasteiger partial charge on any atom is 0.119 e. The standard InChI is InChI=1S/C21H38O9.C19H20O4/c1-15(24-9-19-12-28-19)4-22-7-18(27-6-17(3)26-11-21-14-30-21)8-23-5-16(2)25-10-20-13-29-20;1-5-16(20-10-18-12-22-18)6-2-14(1)9-15-3-7-17(8-4-15)21-11-19-13-23-19/h15-21H,4-14H2,1-3H3;1-8,18-19H,9-13H2. The Morgan fingerprint density at radius 3 is 1.15 bits per heavy atom. The molecule has 5 saturated heterocycles. The van der Waals surface area contributed by atoms with Gasteiger partial charge in [0.2, 0.25) is 0 Å². The second-order valence-electron chi connectivity index (χ2n) is 14.3. The Bertz CT molecular complexity index is 1190. The molecule has 0 bridgehead atoms. The van der Waals surface area contributed by atoms with Crippen LogP contribution in [0.3, 0.4) is 0 Å². The van der Waals surface area contributed by atoms with E-state index in [1.807, 2.05) is 45.0 Å². The Balaban J connectivity index is 0.000000187. The van der Waals surface area contributed by atoms with Gasteiger partial charge in [0.05, 0.1) is 104 Å². The van der Waals surface area contributed by atoms with E-state index in [4.69, 9.17) is 61.6 Å². The molecule has 0 radical (unpaired) electrons. The van der Waals surface area contributed by atoms with Gasteiger partial charge in [-0.05, 0) is 62.6 Å². The summed E-state index contributed by atoms with van der Waals surface area (Å²) in [6.45, 7) is 15.5. The van der Waals surface area contributed by atoms with Crippen LogP contribution in [0.15, 0.2) is 48.5 Å². The van der Waals surface area contributed by atoms with Gasteiger partial charge in [0.25, 0.3) is 0 Å². The van der Waals surface area contributed by atoms with Gasteiger partial charge in [-0.2, -0.15) is 0 Å². The molecule has 0 saturated carbocycles. The normalized spacial score (nSPS) is 25.7. The van der Waals surface area contributed by atoms with Crippen molar-refractivity contribution in [1.29, 1.82) is 0 Å². The van der Waals surface area contributed by atoms with Crippen molar-refractivity contribution >= 4 is 0 Å². The van der Waals surface area contributed by atoms with E-state index in [0.29, 0.717) is 78.3 Å². The molecule has 0 aromatic heterocycles. The molecule has 13 nitrogen and oxygen atoms in total. The number of benzene rings is 2. The topological polar surface area (TPSA) is 136 Å². The second kappa shape index (κ2) is 21.6. The highest BCUT2D eigenvalue weighted by Crippen LogP contribution is 2.20. The minimum atomic E-state index is -0.189. The van der Waals surface area contributed by atoms with Crippen LogP contribution >= 0.6 is 0 Å². The summed E-state index contributed by atoms with van der Waals surface area (Å²) in [5, 5.41) is 0. The summed E-state index contributed by atoms with van der Waals surface area (Å²) in [5.74, 6) is 1.80. The molecule has 296 valence electrons. The van der Waals surface area contributed by atoms with Gasteiger partial charge in [-0.1, -0.05) is 24.3 Å². The molecule has 2 aromatic carbocycles. The summed E-state index contributed by atoms with van der Waals surface area (Å²) in [6.07, 6.45) is 2.07. The monoisotopic (exact) mass is 746 g/mol. The molecule has 7 rings (SSSR count). The van der Waals surface area contributed by atoms with Crippen molar-refractivity contribution in [3.05, 3.63) is 59.7 Å². The number of epoxide rings is 5. The molecule has 5 aliphatic rings. The minimum absolute atomic E-state index is 0.00892. The van der Waals surface area contributed by atoms with Crippen molar-refractivity contribution in [1.82, 2.24) is 0 Å². The predicted octanol–water partition coefficient (Wildman–Crippen LogP) is 3.65. The summed E-state index contributed by atoms with van der Waals surface area (Å²) in [5.41, 5.74) is 2.53. The first-order chi connectivity index (χ1) is 25.9. The summed E-state index contributed by atoms with van der Waals surface area (Å²) in [7, 11) is 0. The first kappa shape index (κ1) is 40.3. The fourth-order valence-electron chi connectivity index (χ4n) is 4.95. The third kappa shape index (κ3) is 18.2. The molecule has 0 N–H and O–H groups in total. The molecule has 8 unspecified atom stereocenters. The molecule has 13 heteroatoms. The Kier molecular flexibility index (Phi) is 16.4. The van der Waals surface area contributed by atoms with Crippen LogP contribution in [0.5, 0.6) is 11.5 Å². The maximum atomic E-state index is 6.00. The van der Waals surface area contributed by atoms with Gasteiger partial charge < -0.3 is 61.6 Å². The molecule has 5 heterocycles. The van der Waals surface area contributed by atoms with Crippen molar-refractivity contribution in [3.63, 3.8) is 0 Å². The number of ether oxygens (including phenoxy) is 13. The Morgan fingerprint density at radius 1 is 0.453 bits per heavy atom. The zero-order valence-electron chi connectivity index (χ0n) is 31.4. The van der Waals surface area contributed by atoms with Crippen molar-refractivity contribution in [2.45, 2.75) is 82.1 Å². The Labute approximate surface area is 313 Å². The zero-order valence-corrected chi connectivity index (χ0v) is 31.4. The summed E-state index contributed by atoms with van der Waals surface area (Å²) >= 11 is 0. The van der Waals surface area contributed by atoms with Crippen LogP contribution < -0.4 is 9.47 Å². The fraction of sp³-hybridized carbons (Fsp3) is 0.700. The second-order valence-corrected chi connectivity index (χ2v) is 14.3. The molecule has 53 heavy (non-hydrogen) atoms. The van der Waals surface area contributed by atoms with Gasteiger partial charge in [0.15, 0.2) is 0 Å². The molecule has 5 aliphatic heterocycles. The van der Waals surface area contributed by atoms with Gasteiger partial charge >= 0.3 is 0 Å². The lowest BCUT2D eigenvalue weighted by Crippen LogP contribution is -2.32. The van der Waals surface area contributed by atoms with E-state index in [1.165, 1.54) is 11.1 Å². The van der Waals surface area contributed by atoms with E-state index >= 15 is 0 Å². The molecular weight excluding hydrogens is 688 g/mol. The van der Waals surface area contributed by atoms with Gasteiger partial charge in [-0.15, -0.1) is 0 Å². The van der Waals surface area contributed by atoms with Crippen LogP contribution in [0.4, 0.5) is 0 Å². The fourth-order valence-corrected chi connectivity index (χ4v) is 4.95. The van der Waals surface area contributed by atoms with Crippen LogP contribution in [-0.2, 0) is 58.5 Å². The predicted molar refractivity (Wildman–Crippen MR) is 193 cm³/mol. The highest BCUT2D eigenvalue weighted by atomic mass is 16.6. The smallest absolute Gasteiger partial charge is 0.119 e. The molecule has 0 amide bonds. The van der Waals surface area contributed by atoms with E-state index in [9.17, 15) is 0 Å². The van der Waals surface area contributed by atoms with Crippen molar-refractivity contribution in [3.8, 4) is 11.5 Å². The van der Waals surface area contributed by atoms with E-state index in [1.54, 1.807) is 0 Å². The average Bonchev–Trinajstić information content (AvgIpc) is 3.96. The SMILES string of the molecule is CC(COCC(COCC(C)OCC1CO1)OCC(C)OCC1CO1)OCC1CO1.c1cc(OCC2CO2)ccc1Cc1ccc(OCC2CO2)cc1. The zero-order chi connectivity index (χ0) is 36.7. The van der Waals surface area contributed by atoms with E-state index in [-0.39, 0.29) is 42.7 Å². The summed E-state index contributed by atoms with van der Waals surface area (Å²) in [4.78, 5) is 0. The van der Waals surface area contributed by atoms with Crippen LogP contribution in [-0.4, -0.2) is 154 Å². The van der Waals surface area contributed by atoms with Crippen LogP contribution in [0.2, 0.25) is 0 Å². The molecular formula is C40H58O13.